The Balaban J connectivity index is 1.18. The van der Waals surface area contributed by atoms with Crippen LogP contribution in [-0.4, -0.2) is 0 Å². The molecule has 0 fully saturated rings. The Hall–Kier alpha value is -4.05. The van der Waals surface area contributed by atoms with Gasteiger partial charge in [0.2, 0.25) is 0 Å². The third kappa shape index (κ3) is 3.54. The summed E-state index contributed by atoms with van der Waals surface area (Å²) in [7, 11) is 0. The maximum atomic E-state index is 3.78. The van der Waals surface area contributed by atoms with Crippen LogP contribution in [-0.2, 0) is 0 Å². The van der Waals surface area contributed by atoms with E-state index >= 15 is 0 Å². The maximum absolute atomic E-state index is 3.78. The molecule has 0 saturated carbocycles. The van der Waals surface area contributed by atoms with Gasteiger partial charge in [-0.1, -0.05) is 115 Å². The van der Waals surface area contributed by atoms with E-state index in [9.17, 15) is 0 Å². The molecule has 0 amide bonds. The predicted molar refractivity (Wildman–Crippen MR) is 166 cm³/mol. The lowest BCUT2D eigenvalue weighted by atomic mass is 9.96. The van der Waals surface area contributed by atoms with E-state index in [0.29, 0.717) is 0 Å². The molecule has 180 valence electrons. The minimum Gasteiger partial charge on any atom is -0.368 e. The van der Waals surface area contributed by atoms with E-state index in [2.05, 4.69) is 133 Å². The summed E-state index contributed by atoms with van der Waals surface area (Å²) in [6.07, 6.45) is 0. The monoisotopic (exact) mass is 521 g/mol. The number of fused-ring (bicyclic) bond motifs is 6. The Morgan fingerprint density at radius 1 is 0.553 bits per heavy atom. The van der Waals surface area contributed by atoms with Gasteiger partial charge in [-0.25, -0.2) is 0 Å². The van der Waals surface area contributed by atoms with Gasteiger partial charge in [0.05, 0.1) is 5.69 Å². The van der Waals surface area contributed by atoms with Crippen LogP contribution in [0.3, 0.4) is 0 Å². The molecule has 1 unspecified atom stereocenters. The highest BCUT2D eigenvalue weighted by atomic mass is 32.2. The van der Waals surface area contributed by atoms with Gasteiger partial charge in [0.25, 0.3) is 0 Å². The van der Waals surface area contributed by atoms with Crippen molar-refractivity contribution in [1.29, 1.82) is 0 Å². The molecule has 6 aromatic carbocycles. The molecule has 0 bridgehead atoms. The van der Waals surface area contributed by atoms with Gasteiger partial charge in [-0.05, 0) is 57.5 Å². The summed E-state index contributed by atoms with van der Waals surface area (Å²) in [4.78, 5) is 1.32. The summed E-state index contributed by atoms with van der Waals surface area (Å²) >= 11 is 3.78. The van der Waals surface area contributed by atoms with Crippen molar-refractivity contribution in [1.82, 2.24) is 0 Å². The number of benzene rings is 6. The quantitative estimate of drug-likeness (QED) is 0.248. The van der Waals surface area contributed by atoms with E-state index < -0.39 is 0 Å². The van der Waals surface area contributed by atoms with Gasteiger partial charge in [0, 0.05) is 30.5 Å². The molecule has 7 aromatic rings. The maximum Gasteiger partial charge on any atom is 0.103 e. The zero-order valence-corrected chi connectivity index (χ0v) is 22.2. The fourth-order valence-corrected chi connectivity index (χ4v) is 8.04. The van der Waals surface area contributed by atoms with Crippen LogP contribution >= 0.6 is 23.1 Å². The van der Waals surface area contributed by atoms with Gasteiger partial charge < -0.3 is 5.32 Å². The minimum absolute atomic E-state index is 0.254. The van der Waals surface area contributed by atoms with Crippen LogP contribution in [0.4, 0.5) is 5.69 Å². The first kappa shape index (κ1) is 22.0. The first-order chi connectivity index (χ1) is 18.8. The second kappa shape index (κ2) is 8.76. The van der Waals surface area contributed by atoms with E-state index in [1.54, 1.807) is 0 Å². The summed E-state index contributed by atoms with van der Waals surface area (Å²) in [6, 6.07) is 46.5. The molecular formula is C35H23NS2. The highest BCUT2D eigenvalue weighted by molar-refractivity contribution is 8.00. The number of thiophene rings is 1. The van der Waals surface area contributed by atoms with Crippen molar-refractivity contribution in [2.75, 3.05) is 5.32 Å². The van der Waals surface area contributed by atoms with E-state index in [4.69, 9.17) is 0 Å². The molecular weight excluding hydrogens is 499 g/mol. The van der Waals surface area contributed by atoms with Gasteiger partial charge in [0.15, 0.2) is 0 Å². The van der Waals surface area contributed by atoms with Crippen LogP contribution in [0.25, 0.3) is 53.2 Å². The number of nitrogens with one attached hydrogen (secondary N) is 1. The number of rotatable bonds is 3. The lowest BCUT2D eigenvalue weighted by Gasteiger charge is -2.12. The summed E-state index contributed by atoms with van der Waals surface area (Å²) in [5, 5.41) is 9.26. The Morgan fingerprint density at radius 3 is 2.29 bits per heavy atom. The number of anilines is 1. The van der Waals surface area contributed by atoms with E-state index in [-0.39, 0.29) is 5.37 Å². The summed E-state index contributed by atoms with van der Waals surface area (Å²) in [5.41, 5.74) is 7.61. The topological polar surface area (TPSA) is 12.0 Å². The summed E-state index contributed by atoms with van der Waals surface area (Å²) in [5.74, 6) is 0. The fraction of sp³-hybridized carbons (Fsp3) is 0.0286. The van der Waals surface area contributed by atoms with E-state index in [0.717, 1.165) is 0 Å². The van der Waals surface area contributed by atoms with Gasteiger partial charge in [-0.2, -0.15) is 0 Å². The number of hydrogen-bond acceptors (Lipinski definition) is 3. The zero-order valence-electron chi connectivity index (χ0n) is 20.5. The second-order valence-corrected chi connectivity index (χ2v) is 12.0. The lowest BCUT2D eigenvalue weighted by molar-refractivity contribution is 1.14. The molecule has 0 spiro atoms. The van der Waals surface area contributed by atoms with Gasteiger partial charge >= 0.3 is 0 Å². The Morgan fingerprint density at radius 2 is 1.34 bits per heavy atom. The van der Waals surface area contributed by atoms with Crippen LogP contribution < -0.4 is 5.32 Å². The van der Waals surface area contributed by atoms with E-state index in [1.807, 2.05) is 23.1 Å². The number of thioether (sulfide) groups is 1. The second-order valence-electron chi connectivity index (χ2n) is 9.79. The van der Waals surface area contributed by atoms with Crippen LogP contribution in [0.2, 0.25) is 0 Å². The fourth-order valence-electron chi connectivity index (χ4n) is 5.64. The summed E-state index contributed by atoms with van der Waals surface area (Å²) in [6.45, 7) is 0. The average Bonchev–Trinajstić information content (AvgIpc) is 3.60. The van der Waals surface area contributed by atoms with Crippen LogP contribution in [0, 0.1) is 0 Å². The molecule has 0 aliphatic carbocycles. The molecule has 1 aliphatic heterocycles. The van der Waals surface area contributed by atoms with E-state index in [1.165, 1.54) is 69.3 Å². The molecule has 1 aliphatic rings. The van der Waals surface area contributed by atoms with Crippen molar-refractivity contribution in [3.63, 3.8) is 0 Å². The normalized spacial score (nSPS) is 14.7. The molecule has 1 atom stereocenters. The molecule has 0 saturated heterocycles. The average molecular weight is 522 g/mol. The Bertz CT molecular complexity index is 1990. The molecule has 1 aromatic heterocycles. The van der Waals surface area contributed by atoms with Gasteiger partial charge in [-0.3, -0.25) is 0 Å². The minimum atomic E-state index is 0.254. The van der Waals surface area contributed by atoms with Crippen LogP contribution in [0.1, 0.15) is 10.9 Å². The molecule has 8 rings (SSSR count). The highest BCUT2D eigenvalue weighted by Gasteiger charge is 2.24. The Kier molecular flexibility index (Phi) is 5.07. The third-order valence-corrected chi connectivity index (χ3v) is 9.96. The first-order valence-electron chi connectivity index (χ1n) is 12.9. The van der Waals surface area contributed by atoms with Crippen molar-refractivity contribution in [2.45, 2.75) is 10.3 Å². The largest absolute Gasteiger partial charge is 0.368 e. The molecule has 0 radical (unpaired) electrons. The molecule has 2 heterocycles. The van der Waals surface area contributed by atoms with Crippen molar-refractivity contribution >= 4 is 59.7 Å². The Labute approximate surface area is 229 Å². The van der Waals surface area contributed by atoms with Crippen molar-refractivity contribution in [3.05, 3.63) is 133 Å². The standard InChI is InChI=1S/C35H23NS2/c1-2-8-22(9-3-1)35-36-33-27-18-16-24(21-26(27)17-19-32(33)38-35)23-10-6-11-25(20-23)28-13-7-14-30-29-12-4-5-15-31(29)37-34(28)30/h1-21,35-36H. The highest BCUT2D eigenvalue weighted by Crippen LogP contribution is 2.49. The molecule has 3 heteroatoms. The van der Waals surface area contributed by atoms with Crippen LogP contribution in [0.5, 0.6) is 0 Å². The van der Waals surface area contributed by atoms with Crippen molar-refractivity contribution < 1.29 is 0 Å². The van der Waals surface area contributed by atoms with Gasteiger partial charge in [0.1, 0.15) is 5.37 Å². The van der Waals surface area contributed by atoms with Gasteiger partial charge in [-0.15, -0.1) is 11.3 Å². The molecule has 1 nitrogen and oxygen atoms in total. The van der Waals surface area contributed by atoms with Crippen LogP contribution in [0.15, 0.2) is 132 Å². The molecule has 1 N–H and O–H groups in total. The molecule has 38 heavy (non-hydrogen) atoms. The third-order valence-electron chi connectivity index (χ3n) is 7.52. The number of hydrogen-bond donors (Lipinski definition) is 1. The zero-order chi connectivity index (χ0) is 25.1. The van der Waals surface area contributed by atoms with Crippen molar-refractivity contribution in [3.8, 4) is 22.3 Å². The van der Waals surface area contributed by atoms with Crippen molar-refractivity contribution in [2.24, 2.45) is 0 Å². The predicted octanol–water partition coefficient (Wildman–Crippen LogP) is 10.8. The summed E-state index contributed by atoms with van der Waals surface area (Å²) < 4.78 is 2.70. The first-order valence-corrected chi connectivity index (χ1v) is 14.6. The smallest absolute Gasteiger partial charge is 0.103 e. The lowest BCUT2D eigenvalue weighted by Crippen LogP contribution is -2.00. The SMILES string of the molecule is c1ccc(C2Nc3c(ccc4cc(-c5cccc(-c6cccc7c6sc6ccccc67)c5)ccc34)S2)cc1.